The van der Waals surface area contributed by atoms with Crippen LogP contribution >= 0.6 is 0 Å². The van der Waals surface area contributed by atoms with E-state index in [1.165, 1.54) is 43.2 Å². The zero-order valence-electron chi connectivity index (χ0n) is 13.3. The van der Waals surface area contributed by atoms with E-state index in [-0.39, 0.29) is 0 Å². The first-order valence-corrected chi connectivity index (χ1v) is 8.25. The van der Waals surface area contributed by atoms with Crippen molar-refractivity contribution in [3.05, 3.63) is 48.0 Å². The molecule has 1 nitrogen and oxygen atoms in total. The molecule has 0 radical (unpaired) electrons. The molecule has 1 unspecified atom stereocenters. The van der Waals surface area contributed by atoms with Crippen LogP contribution in [0.5, 0.6) is 0 Å². The van der Waals surface area contributed by atoms with E-state index in [4.69, 9.17) is 0 Å². The van der Waals surface area contributed by atoms with Gasteiger partial charge in [-0.15, -0.1) is 6.58 Å². The molecule has 20 heavy (non-hydrogen) atoms. The third kappa shape index (κ3) is 5.92. The lowest BCUT2D eigenvalue weighted by Gasteiger charge is -2.21. The molecule has 1 aromatic carbocycles. The van der Waals surface area contributed by atoms with Crippen molar-refractivity contribution in [3.63, 3.8) is 0 Å². The van der Waals surface area contributed by atoms with Crippen LogP contribution in [0.25, 0.3) is 0 Å². The summed E-state index contributed by atoms with van der Waals surface area (Å²) in [5.74, 6) is 0. The van der Waals surface area contributed by atoms with Gasteiger partial charge in [0.2, 0.25) is 0 Å². The Bertz CT molecular complexity index is 370. The smallest absolute Gasteiger partial charge is 0.0322 e. The largest absolute Gasteiger partial charge is 0.310 e. The summed E-state index contributed by atoms with van der Waals surface area (Å²) in [7, 11) is 0. The predicted octanol–water partition coefficient (Wildman–Crippen LogP) is 5.43. The lowest BCUT2D eigenvalue weighted by Crippen LogP contribution is -2.23. The number of allylic oxidation sites excluding steroid dienone is 1. The highest BCUT2D eigenvalue weighted by Gasteiger charge is 2.13. The van der Waals surface area contributed by atoms with E-state index in [0.717, 1.165) is 19.4 Å². The minimum absolute atomic E-state index is 0.523. The molecule has 1 rings (SSSR count). The lowest BCUT2D eigenvalue weighted by atomic mass is 9.94. The van der Waals surface area contributed by atoms with Gasteiger partial charge in [0.15, 0.2) is 0 Å². The fourth-order valence-corrected chi connectivity index (χ4v) is 2.70. The van der Waals surface area contributed by atoms with E-state index < -0.39 is 0 Å². The van der Waals surface area contributed by atoms with Crippen molar-refractivity contribution in [1.29, 1.82) is 0 Å². The van der Waals surface area contributed by atoms with Gasteiger partial charge in [-0.3, -0.25) is 0 Å². The summed E-state index contributed by atoms with van der Waals surface area (Å²) in [6, 6.07) is 9.43. The third-order valence-electron chi connectivity index (χ3n) is 3.85. The van der Waals surface area contributed by atoms with Gasteiger partial charge in [-0.2, -0.15) is 0 Å². The minimum Gasteiger partial charge on any atom is -0.310 e. The number of benzene rings is 1. The summed E-state index contributed by atoms with van der Waals surface area (Å²) < 4.78 is 0. The molecule has 112 valence electrons. The number of unbranched alkanes of at least 4 members (excludes halogenated alkanes) is 3. The van der Waals surface area contributed by atoms with Gasteiger partial charge in [0.05, 0.1) is 0 Å². The van der Waals surface area contributed by atoms with Gasteiger partial charge in [-0.1, -0.05) is 57.0 Å². The van der Waals surface area contributed by atoms with E-state index in [0.29, 0.717) is 6.04 Å². The summed E-state index contributed by atoms with van der Waals surface area (Å²) in [4.78, 5) is 0. The SMILES string of the molecule is C=CCCCCCC(NCCC)c1ccccc1CC. The van der Waals surface area contributed by atoms with Crippen LogP contribution in [0.1, 0.15) is 69.5 Å². The minimum atomic E-state index is 0.523. The number of rotatable bonds is 11. The first-order chi connectivity index (χ1) is 9.83. The molecule has 0 saturated heterocycles. The summed E-state index contributed by atoms with van der Waals surface area (Å²) in [6.45, 7) is 9.38. The van der Waals surface area contributed by atoms with Crippen LogP contribution in [0, 0.1) is 0 Å². The summed E-state index contributed by atoms with van der Waals surface area (Å²) in [6.07, 6.45) is 10.6. The fraction of sp³-hybridized carbons (Fsp3) is 0.579. The van der Waals surface area contributed by atoms with Crippen LogP contribution in [0.2, 0.25) is 0 Å². The number of hydrogen-bond acceptors (Lipinski definition) is 1. The predicted molar refractivity (Wildman–Crippen MR) is 90.1 cm³/mol. The molecule has 0 heterocycles. The monoisotopic (exact) mass is 273 g/mol. The molecular formula is C19H31N. The normalized spacial score (nSPS) is 12.3. The number of hydrogen-bond donors (Lipinski definition) is 1. The van der Waals surface area contributed by atoms with Gasteiger partial charge in [-0.25, -0.2) is 0 Å². The molecule has 0 bridgehead atoms. The van der Waals surface area contributed by atoms with Crippen LogP contribution in [0.3, 0.4) is 0 Å². The zero-order chi connectivity index (χ0) is 14.6. The highest BCUT2D eigenvalue weighted by atomic mass is 14.9. The topological polar surface area (TPSA) is 12.0 Å². The summed E-state index contributed by atoms with van der Waals surface area (Å²) in [5, 5.41) is 3.73. The molecule has 0 fully saturated rings. The maximum Gasteiger partial charge on any atom is 0.0322 e. The lowest BCUT2D eigenvalue weighted by molar-refractivity contribution is 0.469. The Kier molecular flexibility index (Phi) is 9.06. The van der Waals surface area contributed by atoms with Crippen molar-refractivity contribution < 1.29 is 0 Å². The molecule has 1 aromatic rings. The van der Waals surface area contributed by atoms with Crippen LogP contribution in [-0.2, 0) is 6.42 Å². The Labute approximate surface area is 125 Å². The van der Waals surface area contributed by atoms with Crippen LogP contribution in [-0.4, -0.2) is 6.54 Å². The molecule has 1 atom stereocenters. The molecule has 0 amide bonds. The number of nitrogens with one attached hydrogen (secondary N) is 1. The molecule has 1 N–H and O–H groups in total. The Morgan fingerprint density at radius 1 is 1.15 bits per heavy atom. The Balaban J connectivity index is 2.60. The average molecular weight is 273 g/mol. The number of aryl methyl sites for hydroxylation is 1. The van der Waals surface area contributed by atoms with Crippen LogP contribution in [0.15, 0.2) is 36.9 Å². The van der Waals surface area contributed by atoms with Gasteiger partial charge in [0.1, 0.15) is 0 Å². The van der Waals surface area contributed by atoms with E-state index in [9.17, 15) is 0 Å². The van der Waals surface area contributed by atoms with Crippen molar-refractivity contribution in [1.82, 2.24) is 5.32 Å². The second kappa shape index (κ2) is 10.7. The molecular weight excluding hydrogens is 242 g/mol. The van der Waals surface area contributed by atoms with E-state index in [2.05, 4.69) is 50.0 Å². The fourth-order valence-electron chi connectivity index (χ4n) is 2.70. The van der Waals surface area contributed by atoms with Crippen molar-refractivity contribution in [2.75, 3.05) is 6.54 Å². The van der Waals surface area contributed by atoms with Crippen molar-refractivity contribution >= 4 is 0 Å². The van der Waals surface area contributed by atoms with Gasteiger partial charge < -0.3 is 5.32 Å². The van der Waals surface area contributed by atoms with Gasteiger partial charge in [-0.05, 0) is 49.8 Å². The molecule has 0 spiro atoms. The Morgan fingerprint density at radius 3 is 2.65 bits per heavy atom. The Morgan fingerprint density at radius 2 is 1.95 bits per heavy atom. The van der Waals surface area contributed by atoms with Crippen LogP contribution < -0.4 is 5.32 Å². The van der Waals surface area contributed by atoms with Crippen molar-refractivity contribution in [2.45, 2.75) is 64.8 Å². The van der Waals surface area contributed by atoms with Crippen molar-refractivity contribution in [3.8, 4) is 0 Å². The van der Waals surface area contributed by atoms with Gasteiger partial charge in [0.25, 0.3) is 0 Å². The standard InChI is InChI=1S/C19H31N/c1-4-7-8-9-10-15-19(20-16-5-2)18-14-12-11-13-17(18)6-3/h4,11-14,19-20H,1,5-10,15-16H2,2-3H3. The average Bonchev–Trinajstić information content (AvgIpc) is 2.50. The van der Waals surface area contributed by atoms with Gasteiger partial charge >= 0.3 is 0 Å². The first kappa shape index (κ1) is 17.0. The first-order valence-electron chi connectivity index (χ1n) is 8.25. The quantitative estimate of drug-likeness (QED) is 0.419. The summed E-state index contributed by atoms with van der Waals surface area (Å²) >= 11 is 0. The maximum atomic E-state index is 3.79. The maximum absolute atomic E-state index is 3.79. The van der Waals surface area contributed by atoms with Gasteiger partial charge in [0, 0.05) is 6.04 Å². The zero-order valence-corrected chi connectivity index (χ0v) is 13.3. The molecule has 0 aromatic heterocycles. The summed E-state index contributed by atoms with van der Waals surface area (Å²) in [5.41, 5.74) is 3.00. The molecule has 0 aliphatic heterocycles. The van der Waals surface area contributed by atoms with E-state index in [1.54, 1.807) is 0 Å². The third-order valence-corrected chi connectivity index (χ3v) is 3.85. The van der Waals surface area contributed by atoms with Crippen molar-refractivity contribution in [2.24, 2.45) is 0 Å². The second-order valence-electron chi connectivity index (χ2n) is 5.49. The highest BCUT2D eigenvalue weighted by molar-refractivity contribution is 5.30. The van der Waals surface area contributed by atoms with E-state index >= 15 is 0 Å². The van der Waals surface area contributed by atoms with E-state index in [1.807, 2.05) is 6.08 Å². The molecule has 0 aliphatic rings. The van der Waals surface area contributed by atoms with Crippen LogP contribution in [0.4, 0.5) is 0 Å². The Hall–Kier alpha value is -1.08. The second-order valence-corrected chi connectivity index (χ2v) is 5.49. The molecule has 0 aliphatic carbocycles. The molecule has 0 saturated carbocycles. The highest BCUT2D eigenvalue weighted by Crippen LogP contribution is 2.24. The molecule has 1 heteroatoms.